The molecule has 2 aromatic rings. The topological polar surface area (TPSA) is 47.3 Å². The molecule has 0 aliphatic rings. The summed E-state index contributed by atoms with van der Waals surface area (Å²) in [5.41, 5.74) is 2.65. The molecule has 1 aromatic carbocycles. The number of aliphatic hydroxyl groups is 1. The highest BCUT2D eigenvalue weighted by Gasteiger charge is 2.14. The third-order valence-corrected chi connectivity index (χ3v) is 5.56. The number of fused-ring (bicyclic) bond motifs is 1. The van der Waals surface area contributed by atoms with Crippen LogP contribution in [-0.2, 0) is 11.5 Å². The van der Waals surface area contributed by atoms with Gasteiger partial charge in [0.25, 0.3) is 0 Å². The highest BCUT2D eigenvalue weighted by atomic mass is 79.9. The van der Waals surface area contributed by atoms with Crippen LogP contribution in [0.2, 0.25) is 25.7 Å². The minimum absolute atomic E-state index is 0.497. The van der Waals surface area contributed by atoms with Crippen molar-refractivity contribution in [2.75, 3.05) is 6.61 Å². The van der Waals surface area contributed by atoms with Crippen LogP contribution in [0, 0.1) is 0 Å². The number of hydrogen-bond acceptors (Lipinski definition) is 3. The Balaban J connectivity index is 2.15. The van der Waals surface area contributed by atoms with Gasteiger partial charge in [-0.3, -0.25) is 0 Å². The summed E-state index contributed by atoms with van der Waals surface area (Å²) in [6.07, 6.45) is 1.23. The standard InChI is InChI=1S/C15H23BrN2O2Si/c1-11(19)13-7-12(16)8-14-15(13)17-9-18(14)10-20-5-6-21(2,3)4/h7-9,11,19H,5-6,10H2,1-4H3. The van der Waals surface area contributed by atoms with Crippen molar-refractivity contribution in [3.63, 3.8) is 0 Å². The molecule has 2 rings (SSSR count). The predicted octanol–water partition coefficient (Wildman–Crippen LogP) is 4.16. The van der Waals surface area contributed by atoms with E-state index in [0.717, 1.165) is 33.7 Å². The van der Waals surface area contributed by atoms with Gasteiger partial charge in [-0.05, 0) is 25.1 Å². The predicted molar refractivity (Wildman–Crippen MR) is 92.2 cm³/mol. The summed E-state index contributed by atoms with van der Waals surface area (Å²) >= 11 is 3.49. The summed E-state index contributed by atoms with van der Waals surface area (Å²) in [6.45, 7) is 10.1. The number of hydrogen-bond donors (Lipinski definition) is 1. The lowest BCUT2D eigenvalue weighted by Gasteiger charge is -2.15. The molecule has 0 radical (unpaired) electrons. The van der Waals surface area contributed by atoms with Gasteiger partial charge in [0, 0.05) is 24.7 Å². The lowest BCUT2D eigenvalue weighted by Crippen LogP contribution is -2.21. The molecule has 6 heteroatoms. The Bertz CT molecular complexity index is 620. The van der Waals surface area contributed by atoms with Crippen LogP contribution in [0.15, 0.2) is 22.9 Å². The normalized spacial score (nSPS) is 13.8. The van der Waals surface area contributed by atoms with E-state index in [0.29, 0.717) is 6.73 Å². The van der Waals surface area contributed by atoms with E-state index in [-0.39, 0.29) is 0 Å². The molecule has 0 saturated heterocycles. The van der Waals surface area contributed by atoms with E-state index in [9.17, 15) is 5.11 Å². The fraction of sp³-hybridized carbons (Fsp3) is 0.533. The lowest BCUT2D eigenvalue weighted by molar-refractivity contribution is 0.0898. The van der Waals surface area contributed by atoms with Crippen molar-refractivity contribution in [1.82, 2.24) is 9.55 Å². The summed E-state index contributed by atoms with van der Waals surface area (Å²) in [7, 11) is -1.06. The molecule has 0 amide bonds. The summed E-state index contributed by atoms with van der Waals surface area (Å²) in [5, 5.41) is 9.86. The number of aromatic nitrogens is 2. The Labute approximate surface area is 135 Å². The maximum atomic E-state index is 9.86. The monoisotopic (exact) mass is 370 g/mol. The largest absolute Gasteiger partial charge is 0.389 e. The van der Waals surface area contributed by atoms with Crippen LogP contribution in [0.4, 0.5) is 0 Å². The molecule has 116 valence electrons. The Morgan fingerprint density at radius 1 is 1.38 bits per heavy atom. The van der Waals surface area contributed by atoms with Crippen molar-refractivity contribution in [2.24, 2.45) is 0 Å². The van der Waals surface area contributed by atoms with Crippen molar-refractivity contribution in [3.8, 4) is 0 Å². The number of aliphatic hydroxyl groups excluding tert-OH is 1. The van der Waals surface area contributed by atoms with Gasteiger partial charge in [0.15, 0.2) is 0 Å². The summed E-state index contributed by atoms with van der Waals surface area (Å²) in [6, 6.07) is 5.08. The fourth-order valence-corrected chi connectivity index (χ4v) is 3.34. The first-order chi connectivity index (χ1) is 9.78. The van der Waals surface area contributed by atoms with Crippen LogP contribution in [0.25, 0.3) is 11.0 Å². The third-order valence-electron chi connectivity index (χ3n) is 3.40. The van der Waals surface area contributed by atoms with E-state index in [1.807, 2.05) is 16.7 Å². The number of benzene rings is 1. The molecular weight excluding hydrogens is 348 g/mol. The lowest BCUT2D eigenvalue weighted by atomic mass is 10.1. The second-order valence-corrected chi connectivity index (χ2v) is 13.1. The van der Waals surface area contributed by atoms with Gasteiger partial charge in [0.2, 0.25) is 0 Å². The molecule has 0 aliphatic heterocycles. The van der Waals surface area contributed by atoms with Crippen molar-refractivity contribution in [2.45, 2.75) is 45.4 Å². The van der Waals surface area contributed by atoms with Gasteiger partial charge < -0.3 is 14.4 Å². The van der Waals surface area contributed by atoms with Gasteiger partial charge in [-0.15, -0.1) is 0 Å². The minimum Gasteiger partial charge on any atom is -0.389 e. The Morgan fingerprint density at radius 3 is 2.71 bits per heavy atom. The Kier molecular flexibility index (Phi) is 5.24. The quantitative estimate of drug-likeness (QED) is 0.613. The molecule has 1 aromatic heterocycles. The second-order valence-electron chi connectivity index (χ2n) is 6.60. The van der Waals surface area contributed by atoms with Gasteiger partial charge in [-0.1, -0.05) is 35.6 Å². The number of ether oxygens (including phenoxy) is 1. The first-order valence-corrected chi connectivity index (χ1v) is 11.7. The Hall–Kier alpha value is -0.693. The maximum absolute atomic E-state index is 9.86. The molecule has 0 spiro atoms. The van der Waals surface area contributed by atoms with Crippen molar-refractivity contribution in [3.05, 3.63) is 28.5 Å². The number of nitrogens with zero attached hydrogens (tertiary/aromatic N) is 2. The smallest absolute Gasteiger partial charge is 0.124 e. The summed E-state index contributed by atoms with van der Waals surface area (Å²) < 4.78 is 8.70. The second kappa shape index (κ2) is 6.60. The summed E-state index contributed by atoms with van der Waals surface area (Å²) in [4.78, 5) is 4.42. The molecule has 1 N–H and O–H groups in total. The zero-order chi connectivity index (χ0) is 15.6. The number of imidazole rings is 1. The molecule has 0 saturated carbocycles. The first-order valence-electron chi connectivity index (χ1n) is 7.18. The minimum atomic E-state index is -1.06. The molecule has 4 nitrogen and oxygen atoms in total. The molecule has 1 heterocycles. The molecule has 0 bridgehead atoms. The van der Waals surface area contributed by atoms with Crippen LogP contribution < -0.4 is 0 Å². The van der Waals surface area contributed by atoms with Gasteiger partial charge in [-0.25, -0.2) is 4.98 Å². The van der Waals surface area contributed by atoms with Crippen molar-refractivity contribution < 1.29 is 9.84 Å². The average Bonchev–Trinajstić information content (AvgIpc) is 2.75. The van der Waals surface area contributed by atoms with E-state index >= 15 is 0 Å². The van der Waals surface area contributed by atoms with Crippen molar-refractivity contribution >= 4 is 35.0 Å². The van der Waals surface area contributed by atoms with E-state index in [1.165, 1.54) is 0 Å². The van der Waals surface area contributed by atoms with E-state index in [1.54, 1.807) is 13.3 Å². The highest BCUT2D eigenvalue weighted by Crippen LogP contribution is 2.27. The van der Waals surface area contributed by atoms with Gasteiger partial charge in [0.1, 0.15) is 6.73 Å². The molecular formula is C15H23BrN2O2Si. The highest BCUT2D eigenvalue weighted by molar-refractivity contribution is 9.10. The molecule has 0 aliphatic carbocycles. The van der Waals surface area contributed by atoms with Crippen LogP contribution in [0.3, 0.4) is 0 Å². The van der Waals surface area contributed by atoms with Crippen molar-refractivity contribution in [1.29, 1.82) is 0 Å². The molecule has 1 atom stereocenters. The van der Waals surface area contributed by atoms with E-state index in [2.05, 4.69) is 40.6 Å². The molecule has 0 fully saturated rings. The zero-order valence-electron chi connectivity index (χ0n) is 13.1. The first kappa shape index (κ1) is 16.7. The summed E-state index contributed by atoms with van der Waals surface area (Å²) in [5.74, 6) is 0. The van der Waals surface area contributed by atoms with Gasteiger partial charge >= 0.3 is 0 Å². The van der Waals surface area contributed by atoms with E-state index < -0.39 is 14.2 Å². The number of halogens is 1. The average molecular weight is 371 g/mol. The van der Waals surface area contributed by atoms with Gasteiger partial charge in [-0.2, -0.15) is 0 Å². The SMILES string of the molecule is CC(O)c1cc(Br)cc2c1ncn2COCC[Si](C)(C)C. The maximum Gasteiger partial charge on any atom is 0.124 e. The molecule has 1 unspecified atom stereocenters. The zero-order valence-corrected chi connectivity index (χ0v) is 15.6. The van der Waals surface area contributed by atoms with Gasteiger partial charge in [0.05, 0.1) is 23.5 Å². The van der Waals surface area contributed by atoms with Crippen LogP contribution in [0.5, 0.6) is 0 Å². The fourth-order valence-electron chi connectivity index (χ4n) is 2.12. The molecule has 21 heavy (non-hydrogen) atoms. The van der Waals surface area contributed by atoms with E-state index in [4.69, 9.17) is 4.74 Å². The number of rotatable bonds is 6. The Morgan fingerprint density at radius 2 is 2.10 bits per heavy atom. The van der Waals surface area contributed by atoms with Crippen LogP contribution >= 0.6 is 15.9 Å². The van der Waals surface area contributed by atoms with Crippen LogP contribution in [-0.4, -0.2) is 29.3 Å². The van der Waals surface area contributed by atoms with Crippen LogP contribution in [0.1, 0.15) is 18.6 Å². The third kappa shape index (κ3) is 4.39.